The van der Waals surface area contributed by atoms with E-state index in [1.54, 1.807) is 0 Å². The Bertz CT molecular complexity index is 667. The number of carbonyl (C=O) groups excluding carboxylic acids is 1. The Kier molecular flexibility index (Phi) is 5.38. The molecule has 0 aromatic heterocycles. The van der Waals surface area contributed by atoms with Crippen LogP contribution in [0.25, 0.3) is 6.08 Å². The van der Waals surface area contributed by atoms with E-state index in [0.29, 0.717) is 11.5 Å². The summed E-state index contributed by atoms with van der Waals surface area (Å²) in [6, 6.07) is 17.7. The number of carbonyl (C=O) groups is 1. The van der Waals surface area contributed by atoms with E-state index in [-0.39, 0.29) is 5.91 Å². The maximum atomic E-state index is 12.5. The summed E-state index contributed by atoms with van der Waals surface area (Å²) >= 11 is 0. The molecule has 1 amide bonds. The Hall–Kier alpha value is -2.35. The lowest BCUT2D eigenvalue weighted by Crippen LogP contribution is -2.40. The summed E-state index contributed by atoms with van der Waals surface area (Å²) in [5.41, 5.74) is 2.47. The fourth-order valence-electron chi connectivity index (χ4n) is 2.33. The van der Waals surface area contributed by atoms with Gasteiger partial charge in [0.1, 0.15) is 0 Å². The second kappa shape index (κ2) is 7.28. The molecule has 0 fully saturated rings. The van der Waals surface area contributed by atoms with Crippen molar-refractivity contribution in [3.63, 3.8) is 0 Å². The molecule has 0 atom stereocenters. The Balaban J connectivity index is 2.09. The van der Waals surface area contributed by atoms with Crippen LogP contribution in [-0.4, -0.2) is 5.91 Å². The summed E-state index contributed by atoms with van der Waals surface area (Å²) in [6.07, 6.45) is 4.23. The minimum atomic E-state index is -0.408. The highest BCUT2D eigenvalue weighted by molar-refractivity contribution is 5.94. The van der Waals surface area contributed by atoms with E-state index in [4.69, 9.17) is 0 Å². The zero-order valence-corrected chi connectivity index (χ0v) is 14.3. The van der Waals surface area contributed by atoms with Crippen molar-refractivity contribution in [1.82, 2.24) is 5.32 Å². The smallest absolute Gasteiger partial charge is 0.251 e. The first-order valence-electron chi connectivity index (χ1n) is 8.05. The Morgan fingerprint density at radius 1 is 1.00 bits per heavy atom. The number of rotatable bonds is 5. The number of benzene rings is 2. The summed E-state index contributed by atoms with van der Waals surface area (Å²) in [4.78, 5) is 12.5. The minimum Gasteiger partial charge on any atom is -0.343 e. The van der Waals surface area contributed by atoms with Crippen LogP contribution in [-0.2, 0) is 5.54 Å². The SMILES string of the molecule is CC(C)C=Cc1ccc(C(=O)NC(C)(C)c2ccccc2)cc1. The Morgan fingerprint density at radius 2 is 1.61 bits per heavy atom. The van der Waals surface area contributed by atoms with Crippen molar-refractivity contribution in [1.29, 1.82) is 0 Å². The molecule has 23 heavy (non-hydrogen) atoms. The Morgan fingerprint density at radius 3 is 2.17 bits per heavy atom. The van der Waals surface area contributed by atoms with Crippen molar-refractivity contribution in [3.05, 3.63) is 77.4 Å². The zero-order chi connectivity index (χ0) is 16.9. The molecule has 0 saturated heterocycles. The molecule has 2 heteroatoms. The lowest BCUT2D eigenvalue weighted by atomic mass is 9.94. The van der Waals surface area contributed by atoms with E-state index in [9.17, 15) is 4.79 Å². The zero-order valence-electron chi connectivity index (χ0n) is 14.3. The summed E-state index contributed by atoms with van der Waals surface area (Å²) < 4.78 is 0. The third kappa shape index (κ3) is 4.82. The third-order valence-electron chi connectivity index (χ3n) is 3.77. The highest BCUT2D eigenvalue weighted by atomic mass is 16.1. The van der Waals surface area contributed by atoms with E-state index in [2.05, 4.69) is 31.3 Å². The standard InChI is InChI=1S/C21H25NO/c1-16(2)10-11-17-12-14-18(15-13-17)20(23)22-21(3,4)19-8-6-5-7-9-19/h5-16H,1-4H3,(H,22,23). The molecule has 120 valence electrons. The quantitative estimate of drug-likeness (QED) is 0.825. The average Bonchev–Trinajstić information content (AvgIpc) is 2.54. The summed E-state index contributed by atoms with van der Waals surface area (Å²) in [6.45, 7) is 8.31. The molecular formula is C21H25NO. The molecule has 0 aliphatic rings. The van der Waals surface area contributed by atoms with Crippen molar-refractivity contribution >= 4 is 12.0 Å². The van der Waals surface area contributed by atoms with Gasteiger partial charge in [0.05, 0.1) is 5.54 Å². The van der Waals surface area contributed by atoms with Crippen LogP contribution >= 0.6 is 0 Å². The van der Waals surface area contributed by atoms with Crippen molar-refractivity contribution in [2.24, 2.45) is 5.92 Å². The van der Waals surface area contributed by atoms with E-state index >= 15 is 0 Å². The van der Waals surface area contributed by atoms with Gasteiger partial charge in [0.25, 0.3) is 5.91 Å². The average molecular weight is 307 g/mol. The number of nitrogens with one attached hydrogen (secondary N) is 1. The van der Waals surface area contributed by atoms with Gasteiger partial charge in [0.15, 0.2) is 0 Å². The second-order valence-electron chi connectivity index (χ2n) is 6.67. The molecule has 0 radical (unpaired) electrons. The number of amides is 1. The van der Waals surface area contributed by atoms with Gasteiger partial charge in [-0.3, -0.25) is 4.79 Å². The number of hydrogen-bond acceptors (Lipinski definition) is 1. The maximum Gasteiger partial charge on any atom is 0.251 e. The van der Waals surface area contributed by atoms with E-state index in [1.165, 1.54) is 0 Å². The Labute approximate surface area is 139 Å². The number of hydrogen-bond donors (Lipinski definition) is 1. The van der Waals surface area contributed by atoms with Crippen LogP contribution in [0.5, 0.6) is 0 Å². The van der Waals surface area contributed by atoms with Crippen molar-refractivity contribution in [3.8, 4) is 0 Å². The first-order chi connectivity index (χ1) is 10.9. The van der Waals surface area contributed by atoms with Gasteiger partial charge in [-0.2, -0.15) is 0 Å². The van der Waals surface area contributed by atoms with Gasteiger partial charge >= 0.3 is 0 Å². The molecule has 0 unspecified atom stereocenters. The fourth-order valence-corrected chi connectivity index (χ4v) is 2.33. The normalized spacial score (nSPS) is 11.9. The molecule has 2 aromatic rings. The molecule has 0 spiro atoms. The maximum absolute atomic E-state index is 12.5. The van der Waals surface area contributed by atoms with Gasteiger partial charge < -0.3 is 5.32 Å². The molecule has 0 aliphatic carbocycles. The van der Waals surface area contributed by atoms with E-state index in [1.807, 2.05) is 68.4 Å². The van der Waals surface area contributed by atoms with Gasteiger partial charge in [-0.1, -0.05) is 68.5 Å². The number of allylic oxidation sites excluding steroid dienone is 1. The van der Waals surface area contributed by atoms with Gasteiger partial charge in [0.2, 0.25) is 0 Å². The molecule has 0 heterocycles. The van der Waals surface area contributed by atoms with Crippen molar-refractivity contribution < 1.29 is 4.79 Å². The van der Waals surface area contributed by atoms with Gasteiger partial charge in [-0.15, -0.1) is 0 Å². The first kappa shape index (κ1) is 17.0. The largest absolute Gasteiger partial charge is 0.343 e. The molecule has 0 saturated carbocycles. The monoisotopic (exact) mass is 307 g/mol. The highest BCUT2D eigenvalue weighted by Crippen LogP contribution is 2.20. The molecule has 0 aliphatic heterocycles. The van der Waals surface area contributed by atoms with Crippen LogP contribution in [0.2, 0.25) is 0 Å². The molecule has 1 N–H and O–H groups in total. The van der Waals surface area contributed by atoms with Crippen LogP contribution < -0.4 is 5.32 Å². The predicted octanol–water partition coefficient (Wildman–Crippen LogP) is 5.02. The summed E-state index contributed by atoms with van der Waals surface area (Å²) in [5, 5.41) is 3.10. The first-order valence-corrected chi connectivity index (χ1v) is 8.05. The van der Waals surface area contributed by atoms with Crippen LogP contribution in [0.3, 0.4) is 0 Å². The van der Waals surface area contributed by atoms with E-state index < -0.39 is 5.54 Å². The molecular weight excluding hydrogens is 282 g/mol. The predicted molar refractivity (Wildman–Crippen MR) is 97.2 cm³/mol. The summed E-state index contributed by atoms with van der Waals surface area (Å²) in [5.74, 6) is 0.461. The van der Waals surface area contributed by atoms with Crippen molar-refractivity contribution in [2.45, 2.75) is 33.2 Å². The minimum absolute atomic E-state index is 0.0572. The lowest BCUT2D eigenvalue weighted by molar-refractivity contribution is 0.0912. The van der Waals surface area contributed by atoms with Gasteiger partial charge in [-0.05, 0) is 43.0 Å². The molecule has 2 rings (SSSR count). The van der Waals surface area contributed by atoms with Crippen molar-refractivity contribution in [2.75, 3.05) is 0 Å². The van der Waals surface area contributed by atoms with E-state index in [0.717, 1.165) is 11.1 Å². The third-order valence-corrected chi connectivity index (χ3v) is 3.77. The highest BCUT2D eigenvalue weighted by Gasteiger charge is 2.22. The molecule has 2 nitrogen and oxygen atoms in total. The topological polar surface area (TPSA) is 29.1 Å². The van der Waals surface area contributed by atoms with Gasteiger partial charge in [-0.25, -0.2) is 0 Å². The molecule has 0 bridgehead atoms. The van der Waals surface area contributed by atoms with Crippen LogP contribution in [0.15, 0.2) is 60.7 Å². The van der Waals surface area contributed by atoms with Crippen LogP contribution in [0.4, 0.5) is 0 Å². The molecule has 2 aromatic carbocycles. The second-order valence-corrected chi connectivity index (χ2v) is 6.67. The summed E-state index contributed by atoms with van der Waals surface area (Å²) in [7, 11) is 0. The van der Waals surface area contributed by atoms with Crippen LogP contribution in [0.1, 0.15) is 49.2 Å². The lowest BCUT2D eigenvalue weighted by Gasteiger charge is -2.27. The fraction of sp³-hybridized carbons (Fsp3) is 0.286. The van der Waals surface area contributed by atoms with Crippen LogP contribution in [0, 0.1) is 5.92 Å². The van der Waals surface area contributed by atoms with Gasteiger partial charge in [0, 0.05) is 5.56 Å².